The van der Waals surface area contributed by atoms with Gasteiger partial charge in [-0.1, -0.05) is 6.07 Å². The van der Waals surface area contributed by atoms with Crippen molar-refractivity contribution in [1.82, 2.24) is 14.9 Å². The number of aromatic nitrogens is 2. The third kappa shape index (κ3) is 2.95. The van der Waals surface area contributed by atoms with Crippen molar-refractivity contribution in [1.29, 1.82) is 0 Å². The van der Waals surface area contributed by atoms with Crippen LogP contribution in [0.3, 0.4) is 0 Å². The highest BCUT2D eigenvalue weighted by Crippen LogP contribution is 2.39. The fourth-order valence-corrected chi connectivity index (χ4v) is 6.26. The zero-order chi connectivity index (χ0) is 19.4. The van der Waals surface area contributed by atoms with Gasteiger partial charge >= 0.3 is 0 Å². The molecule has 1 atom stereocenters. The maximum Gasteiger partial charge on any atom is 0.259 e. The fraction of sp³-hybridized carbons (Fsp3) is 0.455. The number of ether oxygens (including phenoxy) is 2. The van der Waals surface area contributed by atoms with E-state index in [2.05, 4.69) is 22.0 Å². The zero-order valence-electron chi connectivity index (χ0n) is 16.2. The van der Waals surface area contributed by atoms with E-state index in [1.54, 1.807) is 11.3 Å². The highest BCUT2D eigenvalue weighted by atomic mass is 32.1. The number of rotatable bonds is 3. The van der Waals surface area contributed by atoms with E-state index in [4.69, 9.17) is 14.5 Å². The molecule has 3 aromatic rings. The van der Waals surface area contributed by atoms with Crippen LogP contribution in [0.25, 0.3) is 10.2 Å². The molecule has 4 heterocycles. The second kappa shape index (κ2) is 6.85. The molecule has 0 unspecified atom stereocenters. The number of fused-ring (bicyclic) bond motifs is 4. The molecule has 1 N–H and O–H groups in total. The first-order valence-electron chi connectivity index (χ1n) is 10.4. The molecule has 6 nitrogen and oxygen atoms in total. The first-order valence-corrected chi connectivity index (χ1v) is 11.2. The van der Waals surface area contributed by atoms with Gasteiger partial charge in [0, 0.05) is 10.9 Å². The lowest BCUT2D eigenvalue weighted by molar-refractivity contribution is 0.170. The molecular weight excluding hydrogens is 386 g/mol. The Bertz CT molecular complexity index is 1150. The maximum atomic E-state index is 12.8. The average molecular weight is 410 g/mol. The highest BCUT2D eigenvalue weighted by Gasteiger charge is 2.28. The number of nitrogens with one attached hydrogen (secondary N) is 1. The SMILES string of the molecule is O=c1[nH]c(CN2CCC[C@@H]2c2ccc3c(c2)OCCO3)nc2sc3c(c12)CCC3. The van der Waals surface area contributed by atoms with E-state index >= 15 is 0 Å². The molecule has 2 aromatic heterocycles. The van der Waals surface area contributed by atoms with Crippen LogP contribution in [-0.4, -0.2) is 34.6 Å². The van der Waals surface area contributed by atoms with Crippen molar-refractivity contribution in [3.8, 4) is 11.5 Å². The van der Waals surface area contributed by atoms with Crippen molar-refractivity contribution in [2.24, 2.45) is 0 Å². The van der Waals surface area contributed by atoms with E-state index in [-0.39, 0.29) is 5.56 Å². The van der Waals surface area contributed by atoms with Gasteiger partial charge in [0.2, 0.25) is 0 Å². The van der Waals surface area contributed by atoms with Gasteiger partial charge in [0.1, 0.15) is 23.9 Å². The molecule has 0 spiro atoms. The standard InChI is InChI=1S/C22H23N3O3S/c26-21-20-14-3-1-5-18(14)29-22(20)24-19(23-21)12-25-8-2-4-15(25)13-6-7-16-17(11-13)28-10-9-27-16/h6-7,11,15H,1-5,8-10,12H2,(H,23,24,26)/t15-/m1/s1. The van der Waals surface area contributed by atoms with Crippen LogP contribution in [0.1, 0.15) is 47.1 Å². The normalized spacial score (nSPS) is 21.0. The number of hydrogen-bond acceptors (Lipinski definition) is 6. The Morgan fingerprint density at radius 3 is 3.00 bits per heavy atom. The van der Waals surface area contributed by atoms with Crippen LogP contribution in [0.2, 0.25) is 0 Å². The molecule has 1 aromatic carbocycles. The molecule has 150 valence electrons. The Kier molecular flexibility index (Phi) is 4.13. The summed E-state index contributed by atoms with van der Waals surface area (Å²) >= 11 is 1.71. The summed E-state index contributed by atoms with van der Waals surface area (Å²) in [5.74, 6) is 2.43. The van der Waals surface area contributed by atoms with Crippen LogP contribution in [0.15, 0.2) is 23.0 Å². The largest absolute Gasteiger partial charge is 0.486 e. The number of H-pyrrole nitrogens is 1. The van der Waals surface area contributed by atoms with E-state index in [9.17, 15) is 4.79 Å². The van der Waals surface area contributed by atoms with Crippen LogP contribution in [-0.2, 0) is 19.4 Å². The topological polar surface area (TPSA) is 67.5 Å². The van der Waals surface area contributed by atoms with Gasteiger partial charge in [0.15, 0.2) is 11.5 Å². The quantitative estimate of drug-likeness (QED) is 0.716. The number of aromatic amines is 1. The van der Waals surface area contributed by atoms with Gasteiger partial charge < -0.3 is 14.5 Å². The maximum absolute atomic E-state index is 12.8. The molecule has 29 heavy (non-hydrogen) atoms. The van der Waals surface area contributed by atoms with Gasteiger partial charge in [0.25, 0.3) is 5.56 Å². The third-order valence-electron chi connectivity index (χ3n) is 6.29. The number of likely N-dealkylation sites (tertiary alicyclic amines) is 1. The molecule has 1 fully saturated rings. The minimum Gasteiger partial charge on any atom is -0.486 e. The van der Waals surface area contributed by atoms with Crippen molar-refractivity contribution in [2.45, 2.75) is 44.7 Å². The second-order valence-electron chi connectivity index (χ2n) is 8.08. The van der Waals surface area contributed by atoms with Crippen LogP contribution in [0.5, 0.6) is 11.5 Å². The molecule has 3 aliphatic rings. The average Bonchev–Trinajstić information content (AvgIpc) is 3.43. The van der Waals surface area contributed by atoms with E-state index < -0.39 is 0 Å². The fourth-order valence-electron chi connectivity index (χ4n) is 4.97. The predicted molar refractivity (Wildman–Crippen MR) is 112 cm³/mol. The van der Waals surface area contributed by atoms with Gasteiger partial charge in [-0.25, -0.2) is 4.98 Å². The van der Waals surface area contributed by atoms with Gasteiger partial charge in [-0.3, -0.25) is 9.69 Å². The molecule has 7 heteroatoms. The summed E-state index contributed by atoms with van der Waals surface area (Å²) in [6, 6.07) is 6.57. The highest BCUT2D eigenvalue weighted by molar-refractivity contribution is 7.18. The molecule has 2 aliphatic heterocycles. The van der Waals surface area contributed by atoms with E-state index in [0.29, 0.717) is 25.8 Å². The van der Waals surface area contributed by atoms with E-state index in [1.165, 1.54) is 16.0 Å². The summed E-state index contributed by atoms with van der Waals surface area (Å²) in [4.78, 5) is 25.3. The monoisotopic (exact) mass is 409 g/mol. The van der Waals surface area contributed by atoms with E-state index in [1.807, 2.05) is 6.07 Å². The molecule has 0 radical (unpaired) electrons. The van der Waals surface area contributed by atoms with Crippen molar-refractivity contribution >= 4 is 21.6 Å². The molecule has 0 saturated carbocycles. The van der Waals surface area contributed by atoms with Crippen molar-refractivity contribution < 1.29 is 9.47 Å². The van der Waals surface area contributed by atoms with Crippen LogP contribution < -0.4 is 15.0 Å². The first-order chi connectivity index (χ1) is 14.3. The number of benzene rings is 1. The molecule has 6 rings (SSSR count). The number of aryl methyl sites for hydroxylation is 2. The summed E-state index contributed by atoms with van der Waals surface area (Å²) in [5.41, 5.74) is 2.50. The van der Waals surface area contributed by atoms with Gasteiger partial charge in [-0.05, 0) is 61.9 Å². The minimum atomic E-state index is 0.0273. The Morgan fingerprint density at radius 2 is 2.07 bits per heavy atom. The summed E-state index contributed by atoms with van der Waals surface area (Å²) in [7, 11) is 0. The lowest BCUT2D eigenvalue weighted by atomic mass is 10.0. The summed E-state index contributed by atoms with van der Waals surface area (Å²) in [6.07, 6.45) is 5.49. The van der Waals surface area contributed by atoms with Crippen molar-refractivity contribution in [3.05, 3.63) is 50.4 Å². The summed E-state index contributed by atoms with van der Waals surface area (Å²) in [6.45, 7) is 2.87. The number of thiophene rings is 1. The van der Waals surface area contributed by atoms with E-state index in [0.717, 1.165) is 66.2 Å². The predicted octanol–water partition coefficient (Wildman–Crippen LogP) is 3.58. The molecule has 1 saturated heterocycles. The summed E-state index contributed by atoms with van der Waals surface area (Å²) < 4.78 is 11.4. The Morgan fingerprint density at radius 1 is 1.17 bits per heavy atom. The van der Waals surface area contributed by atoms with Gasteiger partial charge in [0.05, 0.1) is 11.9 Å². The van der Waals surface area contributed by atoms with Crippen LogP contribution >= 0.6 is 11.3 Å². The van der Waals surface area contributed by atoms with Crippen molar-refractivity contribution in [2.75, 3.05) is 19.8 Å². The Labute approximate surface area is 172 Å². The molecular formula is C22H23N3O3S. The molecule has 0 amide bonds. The van der Waals surface area contributed by atoms with Gasteiger partial charge in [-0.15, -0.1) is 11.3 Å². The molecule has 1 aliphatic carbocycles. The summed E-state index contributed by atoms with van der Waals surface area (Å²) in [5, 5.41) is 0.830. The lowest BCUT2D eigenvalue weighted by Crippen LogP contribution is -2.26. The van der Waals surface area contributed by atoms with Crippen LogP contribution in [0, 0.1) is 0 Å². The zero-order valence-corrected chi connectivity index (χ0v) is 17.0. The van der Waals surface area contributed by atoms with Crippen LogP contribution in [0.4, 0.5) is 0 Å². The smallest absolute Gasteiger partial charge is 0.259 e. The van der Waals surface area contributed by atoms with Crippen molar-refractivity contribution in [3.63, 3.8) is 0 Å². The third-order valence-corrected chi connectivity index (χ3v) is 7.48. The minimum absolute atomic E-state index is 0.0273. The second-order valence-corrected chi connectivity index (χ2v) is 9.17. The number of nitrogens with zero attached hydrogens (tertiary/aromatic N) is 2. The number of hydrogen-bond donors (Lipinski definition) is 1. The first kappa shape index (κ1) is 17.5. The lowest BCUT2D eigenvalue weighted by Gasteiger charge is -2.26. The Hall–Kier alpha value is -2.38. The Balaban J connectivity index is 1.29. The van der Waals surface area contributed by atoms with Gasteiger partial charge in [-0.2, -0.15) is 0 Å². The molecule has 0 bridgehead atoms.